The van der Waals surface area contributed by atoms with E-state index in [2.05, 4.69) is 4.98 Å². The zero-order valence-electron chi connectivity index (χ0n) is 18.2. The number of carbonyl (C=O) groups is 2. The topological polar surface area (TPSA) is 98.9 Å². The van der Waals surface area contributed by atoms with Crippen LogP contribution in [0.2, 0.25) is 0 Å². The van der Waals surface area contributed by atoms with Gasteiger partial charge in [-0.15, -0.1) is 0 Å². The van der Waals surface area contributed by atoms with Crippen LogP contribution in [-0.2, 0) is 4.74 Å². The van der Waals surface area contributed by atoms with Crippen molar-refractivity contribution in [1.29, 1.82) is 0 Å². The minimum Gasteiger partial charge on any atom is -0.497 e. The summed E-state index contributed by atoms with van der Waals surface area (Å²) in [5, 5.41) is 0.212. The summed E-state index contributed by atoms with van der Waals surface area (Å²) in [5.74, 6) is -1.43. The third-order valence-electron chi connectivity index (χ3n) is 5.60. The van der Waals surface area contributed by atoms with Crippen LogP contribution < -0.4 is 15.1 Å². The Labute approximate surface area is 196 Å². The number of anilines is 1. The molecule has 0 unspecified atom stereocenters. The van der Waals surface area contributed by atoms with Crippen LogP contribution in [0.1, 0.15) is 43.1 Å². The highest BCUT2D eigenvalue weighted by Crippen LogP contribution is 2.43. The van der Waals surface area contributed by atoms with Gasteiger partial charge in [0.1, 0.15) is 22.0 Å². The number of thiazole rings is 1. The number of aryl methyl sites for hydroxylation is 1. The van der Waals surface area contributed by atoms with Gasteiger partial charge in [-0.1, -0.05) is 23.5 Å². The molecule has 1 aliphatic heterocycles. The normalized spacial score (nSPS) is 15.0. The van der Waals surface area contributed by atoms with Crippen LogP contribution in [0.4, 0.5) is 9.52 Å². The fourth-order valence-corrected chi connectivity index (χ4v) is 5.05. The summed E-state index contributed by atoms with van der Waals surface area (Å²) in [6.45, 7) is 1.63. The number of benzene rings is 2. The monoisotopic (exact) mass is 480 g/mol. The van der Waals surface area contributed by atoms with Gasteiger partial charge in [0.05, 0.1) is 36.9 Å². The highest BCUT2D eigenvalue weighted by Gasteiger charge is 2.45. The van der Waals surface area contributed by atoms with E-state index in [1.54, 1.807) is 31.2 Å². The number of ether oxygens (including phenoxy) is 2. The second kappa shape index (κ2) is 8.07. The lowest BCUT2D eigenvalue weighted by Gasteiger charge is -2.22. The minimum atomic E-state index is -0.933. The van der Waals surface area contributed by atoms with Crippen molar-refractivity contribution in [2.75, 3.05) is 19.1 Å². The quantitative estimate of drug-likeness (QED) is 0.403. The van der Waals surface area contributed by atoms with E-state index in [0.717, 1.165) is 23.5 Å². The lowest BCUT2D eigenvalue weighted by atomic mass is 9.98. The van der Waals surface area contributed by atoms with E-state index < -0.39 is 29.2 Å². The van der Waals surface area contributed by atoms with Crippen molar-refractivity contribution in [3.8, 4) is 5.75 Å². The van der Waals surface area contributed by atoms with Gasteiger partial charge in [0.15, 0.2) is 10.6 Å². The lowest BCUT2D eigenvalue weighted by Crippen LogP contribution is -2.29. The fourth-order valence-electron chi connectivity index (χ4n) is 4.04. The van der Waals surface area contributed by atoms with Crippen LogP contribution in [0.25, 0.3) is 11.0 Å². The molecule has 0 spiro atoms. The predicted molar refractivity (Wildman–Crippen MR) is 122 cm³/mol. The van der Waals surface area contributed by atoms with Crippen LogP contribution >= 0.6 is 11.3 Å². The first-order valence-corrected chi connectivity index (χ1v) is 10.9. The summed E-state index contributed by atoms with van der Waals surface area (Å²) < 4.78 is 29.9. The number of fused-ring (bicyclic) bond motifs is 2. The van der Waals surface area contributed by atoms with Crippen LogP contribution in [0.15, 0.2) is 51.7 Å². The largest absolute Gasteiger partial charge is 0.497 e. The summed E-state index contributed by atoms with van der Waals surface area (Å²) in [6, 6.07) is 9.50. The van der Waals surface area contributed by atoms with Crippen molar-refractivity contribution in [2.24, 2.45) is 0 Å². The van der Waals surface area contributed by atoms with Crippen molar-refractivity contribution < 1.29 is 27.9 Å². The van der Waals surface area contributed by atoms with Gasteiger partial charge in [-0.25, -0.2) is 14.2 Å². The van der Waals surface area contributed by atoms with Crippen LogP contribution in [0.3, 0.4) is 0 Å². The van der Waals surface area contributed by atoms with Crippen molar-refractivity contribution in [3.05, 3.63) is 86.0 Å². The predicted octanol–water partition coefficient (Wildman–Crippen LogP) is 4.24. The zero-order chi connectivity index (χ0) is 24.1. The number of hydrogen-bond acceptors (Lipinski definition) is 8. The molecule has 0 radical (unpaired) electrons. The molecule has 0 aliphatic carbocycles. The summed E-state index contributed by atoms with van der Waals surface area (Å²) >= 11 is 0.969. The standard InChI is InChI=1S/C24H17FN2O6S/c1-11-21(23(30)32-3)34-24(26-11)27-18(12-5-4-6-14(9-12)31-2)17-19(28)15-10-13(25)7-8-16(15)33-20(17)22(27)29/h4-10,18H,1-3H3/t18-/m1/s1. The van der Waals surface area contributed by atoms with Gasteiger partial charge in [0.25, 0.3) is 5.91 Å². The molecule has 1 aliphatic rings. The first kappa shape index (κ1) is 21.8. The Kier molecular flexibility index (Phi) is 5.17. The van der Waals surface area contributed by atoms with E-state index >= 15 is 0 Å². The Balaban J connectivity index is 1.79. The van der Waals surface area contributed by atoms with Crippen LogP contribution in [0.5, 0.6) is 5.75 Å². The van der Waals surface area contributed by atoms with E-state index in [-0.39, 0.29) is 32.3 Å². The molecule has 10 heteroatoms. The van der Waals surface area contributed by atoms with Gasteiger partial charge in [0.2, 0.25) is 5.76 Å². The lowest BCUT2D eigenvalue weighted by molar-refractivity contribution is 0.0605. The van der Waals surface area contributed by atoms with E-state index in [1.807, 2.05) is 0 Å². The summed E-state index contributed by atoms with van der Waals surface area (Å²) in [7, 11) is 2.76. The molecule has 34 heavy (non-hydrogen) atoms. The molecule has 1 atom stereocenters. The van der Waals surface area contributed by atoms with Gasteiger partial charge in [-0.3, -0.25) is 14.5 Å². The zero-order valence-corrected chi connectivity index (χ0v) is 19.1. The first-order chi connectivity index (χ1) is 16.3. The molecule has 5 rings (SSSR count). The number of methoxy groups -OCH3 is 2. The highest BCUT2D eigenvalue weighted by atomic mass is 32.1. The number of amides is 1. The van der Waals surface area contributed by atoms with Gasteiger partial charge >= 0.3 is 5.97 Å². The summed E-state index contributed by atoms with van der Waals surface area (Å²) in [5.41, 5.74) is 0.563. The van der Waals surface area contributed by atoms with Gasteiger partial charge in [-0.2, -0.15) is 0 Å². The second-order valence-corrected chi connectivity index (χ2v) is 8.55. The number of nitrogens with zero attached hydrogens (tertiary/aromatic N) is 2. The molecule has 4 aromatic rings. The Morgan fingerprint density at radius 3 is 2.71 bits per heavy atom. The van der Waals surface area contributed by atoms with Crippen molar-refractivity contribution in [1.82, 2.24) is 4.98 Å². The molecule has 0 bridgehead atoms. The number of halogens is 1. The molecule has 172 valence electrons. The van der Waals surface area contributed by atoms with E-state index in [0.29, 0.717) is 17.0 Å². The Morgan fingerprint density at radius 1 is 1.18 bits per heavy atom. The number of rotatable bonds is 4. The Bertz CT molecular complexity index is 1540. The molecular formula is C24H17FN2O6S. The third kappa shape index (κ3) is 3.26. The average Bonchev–Trinajstić information content (AvgIpc) is 3.36. The highest BCUT2D eigenvalue weighted by molar-refractivity contribution is 7.17. The van der Waals surface area contributed by atoms with Gasteiger partial charge in [-0.05, 0) is 42.8 Å². The van der Waals surface area contributed by atoms with Crippen LogP contribution in [0, 0.1) is 12.7 Å². The molecular weight excluding hydrogens is 463 g/mol. The van der Waals surface area contributed by atoms with E-state index in [1.165, 1.54) is 25.2 Å². The maximum absolute atomic E-state index is 13.9. The molecule has 1 amide bonds. The maximum atomic E-state index is 13.9. The van der Waals surface area contributed by atoms with Crippen molar-refractivity contribution in [2.45, 2.75) is 13.0 Å². The number of carbonyl (C=O) groups excluding carboxylic acids is 2. The third-order valence-corrected chi connectivity index (χ3v) is 6.74. The molecule has 0 fully saturated rings. The SMILES string of the molecule is COC(=O)c1sc(N2C(=O)c3oc4ccc(F)cc4c(=O)c3[C@H]2c2cccc(OC)c2)nc1C. The summed E-state index contributed by atoms with van der Waals surface area (Å²) in [6.07, 6.45) is 0. The Morgan fingerprint density at radius 2 is 1.97 bits per heavy atom. The molecule has 0 N–H and O–H groups in total. The average molecular weight is 480 g/mol. The van der Waals surface area contributed by atoms with E-state index in [4.69, 9.17) is 13.9 Å². The first-order valence-electron chi connectivity index (χ1n) is 10.1. The van der Waals surface area contributed by atoms with Crippen LogP contribution in [-0.4, -0.2) is 31.1 Å². The fraction of sp³-hybridized carbons (Fsp3) is 0.167. The molecule has 0 saturated carbocycles. The van der Waals surface area contributed by atoms with Crippen molar-refractivity contribution >= 4 is 39.3 Å². The van der Waals surface area contributed by atoms with E-state index in [9.17, 15) is 18.8 Å². The summed E-state index contributed by atoms with van der Waals surface area (Å²) in [4.78, 5) is 45.3. The van der Waals surface area contributed by atoms with Gasteiger partial charge < -0.3 is 13.9 Å². The molecule has 8 nitrogen and oxygen atoms in total. The maximum Gasteiger partial charge on any atom is 0.350 e. The second-order valence-electron chi connectivity index (χ2n) is 7.57. The molecule has 2 aromatic heterocycles. The minimum absolute atomic E-state index is 0.0202. The molecule has 2 aromatic carbocycles. The molecule has 0 saturated heterocycles. The number of aromatic nitrogens is 1. The smallest absolute Gasteiger partial charge is 0.350 e. The number of esters is 1. The molecule has 3 heterocycles. The Hall–Kier alpha value is -4.05. The van der Waals surface area contributed by atoms with Gasteiger partial charge in [0, 0.05) is 0 Å². The van der Waals surface area contributed by atoms with Crippen molar-refractivity contribution in [3.63, 3.8) is 0 Å². The number of hydrogen-bond donors (Lipinski definition) is 0.